The predicted octanol–water partition coefficient (Wildman–Crippen LogP) is 5.18. The van der Waals surface area contributed by atoms with Gasteiger partial charge in [0.2, 0.25) is 0 Å². The lowest BCUT2D eigenvalue weighted by molar-refractivity contribution is -0.122. The minimum absolute atomic E-state index is 0.0306. The molecule has 1 fully saturated rings. The molecule has 190 valence electrons. The Balaban J connectivity index is 1.59. The Morgan fingerprint density at radius 3 is 2.41 bits per heavy atom. The summed E-state index contributed by atoms with van der Waals surface area (Å²) in [5.74, 6) is -1.99. The summed E-state index contributed by atoms with van der Waals surface area (Å²) in [6.45, 7) is 7.65. The highest BCUT2D eigenvalue weighted by molar-refractivity contribution is 7.80. The van der Waals surface area contributed by atoms with Crippen molar-refractivity contribution < 1.29 is 19.5 Å². The molecular formula is C28H27N3O4S2. The number of nitrogens with zero attached hydrogens (tertiary/aromatic N) is 2. The largest absolute Gasteiger partial charge is 0.478 e. The van der Waals surface area contributed by atoms with Gasteiger partial charge in [0.1, 0.15) is 10.6 Å². The van der Waals surface area contributed by atoms with E-state index >= 15 is 0 Å². The Kier molecular flexibility index (Phi) is 6.37. The molecular weight excluding hydrogens is 506 g/mol. The number of hydrogen-bond acceptors (Lipinski definition) is 5. The molecule has 0 radical (unpaired) electrons. The van der Waals surface area contributed by atoms with Crippen molar-refractivity contribution in [3.63, 3.8) is 0 Å². The summed E-state index contributed by atoms with van der Waals surface area (Å²) in [6.07, 6.45) is 5.28. The highest BCUT2D eigenvalue weighted by Gasteiger charge is 2.35. The molecule has 1 saturated heterocycles. The van der Waals surface area contributed by atoms with E-state index in [0.717, 1.165) is 58.6 Å². The number of anilines is 1. The number of nitrogens with one attached hydrogen (secondary N) is 1. The van der Waals surface area contributed by atoms with Crippen molar-refractivity contribution in [3.05, 3.63) is 73.9 Å². The van der Waals surface area contributed by atoms with Crippen LogP contribution in [-0.4, -0.2) is 32.6 Å². The molecule has 9 heteroatoms. The number of aromatic carboxylic acids is 1. The van der Waals surface area contributed by atoms with Gasteiger partial charge in [-0.1, -0.05) is 6.07 Å². The van der Waals surface area contributed by atoms with Gasteiger partial charge in [-0.2, -0.15) is 0 Å². The van der Waals surface area contributed by atoms with Crippen LogP contribution in [0.3, 0.4) is 0 Å². The molecule has 37 heavy (non-hydrogen) atoms. The van der Waals surface area contributed by atoms with Crippen LogP contribution in [0.1, 0.15) is 61.7 Å². The number of rotatable bonds is 4. The van der Waals surface area contributed by atoms with Gasteiger partial charge in [-0.25, -0.2) is 4.79 Å². The quantitative estimate of drug-likeness (QED) is 0.274. The number of carboxylic acid groups (broad SMARTS) is 1. The Labute approximate surface area is 224 Å². The Morgan fingerprint density at radius 1 is 1.05 bits per heavy atom. The van der Waals surface area contributed by atoms with Crippen LogP contribution in [0.25, 0.3) is 11.1 Å². The summed E-state index contributed by atoms with van der Waals surface area (Å²) in [7, 11) is 0. The molecule has 3 heterocycles. The summed E-state index contributed by atoms with van der Waals surface area (Å²) >= 11 is 6.87. The fraction of sp³-hybridized carbons (Fsp3) is 0.286. The van der Waals surface area contributed by atoms with Crippen molar-refractivity contribution in [1.29, 1.82) is 0 Å². The standard InChI is InChI=1S/C28H27N3O4S2/c1-14-9-15(2)11-19(10-14)31-25(33)21(24(32)29-28(31)36)13-18-12-16(3)30(17(18)4)26-23(27(34)35)20-7-5-6-8-22(20)37-26/h9-13H,5-8H2,1-4H3,(H,34,35)(H,29,32,36)/b21-13+. The van der Waals surface area contributed by atoms with E-state index in [2.05, 4.69) is 5.32 Å². The molecule has 0 atom stereocenters. The zero-order valence-corrected chi connectivity index (χ0v) is 22.7. The fourth-order valence-corrected chi connectivity index (χ4v) is 7.08. The zero-order valence-electron chi connectivity index (χ0n) is 21.1. The summed E-state index contributed by atoms with van der Waals surface area (Å²) < 4.78 is 1.93. The third kappa shape index (κ3) is 4.32. The molecule has 2 aromatic heterocycles. The summed E-state index contributed by atoms with van der Waals surface area (Å²) in [5, 5.41) is 13.4. The first kappa shape index (κ1) is 25.1. The fourth-order valence-electron chi connectivity index (χ4n) is 5.30. The van der Waals surface area contributed by atoms with Gasteiger partial charge in [-0.05, 0) is 112 Å². The summed E-state index contributed by atoms with van der Waals surface area (Å²) in [4.78, 5) is 41.2. The lowest BCUT2D eigenvalue weighted by atomic mass is 9.95. The maximum Gasteiger partial charge on any atom is 0.339 e. The molecule has 7 nitrogen and oxygen atoms in total. The second kappa shape index (κ2) is 9.39. The zero-order chi connectivity index (χ0) is 26.6. The van der Waals surface area contributed by atoms with Gasteiger partial charge < -0.3 is 9.67 Å². The number of carbonyl (C=O) groups excluding carboxylic acids is 2. The van der Waals surface area contributed by atoms with E-state index in [0.29, 0.717) is 21.8 Å². The maximum absolute atomic E-state index is 13.5. The van der Waals surface area contributed by atoms with Crippen molar-refractivity contribution >= 4 is 58.2 Å². The van der Waals surface area contributed by atoms with Crippen LogP contribution in [0.4, 0.5) is 5.69 Å². The van der Waals surface area contributed by atoms with Gasteiger partial charge in [0.15, 0.2) is 5.11 Å². The maximum atomic E-state index is 13.5. The van der Waals surface area contributed by atoms with Gasteiger partial charge in [0.25, 0.3) is 11.8 Å². The third-order valence-electron chi connectivity index (χ3n) is 6.91. The molecule has 0 unspecified atom stereocenters. The number of hydrogen-bond donors (Lipinski definition) is 2. The van der Waals surface area contributed by atoms with Crippen LogP contribution in [-0.2, 0) is 22.4 Å². The van der Waals surface area contributed by atoms with Crippen molar-refractivity contribution in [3.8, 4) is 5.00 Å². The topological polar surface area (TPSA) is 91.6 Å². The second-order valence-electron chi connectivity index (χ2n) is 9.66. The average Bonchev–Trinajstić information content (AvgIpc) is 3.32. The minimum Gasteiger partial charge on any atom is -0.478 e. The average molecular weight is 534 g/mol. The van der Waals surface area contributed by atoms with E-state index in [1.807, 2.05) is 56.5 Å². The van der Waals surface area contributed by atoms with E-state index in [9.17, 15) is 19.5 Å². The van der Waals surface area contributed by atoms with Crippen molar-refractivity contribution in [2.24, 2.45) is 0 Å². The molecule has 0 spiro atoms. The Morgan fingerprint density at radius 2 is 1.73 bits per heavy atom. The first-order valence-electron chi connectivity index (χ1n) is 12.1. The molecule has 5 rings (SSSR count). The molecule has 2 amide bonds. The SMILES string of the molecule is Cc1cc(C)cc(N2C(=O)/C(=C/c3cc(C)n(-c4sc5c(c4C(=O)O)CCCC5)c3C)C(=O)NC2=S)c1. The Hall–Kier alpha value is -3.56. The first-order chi connectivity index (χ1) is 17.6. The van der Waals surface area contributed by atoms with Crippen LogP contribution in [0.15, 0.2) is 29.8 Å². The highest BCUT2D eigenvalue weighted by atomic mass is 32.1. The molecule has 3 aromatic rings. The monoisotopic (exact) mass is 533 g/mol. The number of thiocarbonyl (C=S) groups is 1. The molecule has 2 N–H and O–H groups in total. The van der Waals surface area contributed by atoms with Crippen molar-refractivity contribution in [2.75, 3.05) is 4.90 Å². The minimum atomic E-state index is -0.929. The molecule has 1 aromatic carbocycles. The van der Waals surface area contributed by atoms with Gasteiger partial charge in [-0.3, -0.25) is 19.8 Å². The molecule has 1 aliphatic heterocycles. The van der Waals surface area contributed by atoms with Crippen LogP contribution in [0.2, 0.25) is 0 Å². The number of fused-ring (bicyclic) bond motifs is 1. The molecule has 0 saturated carbocycles. The number of thiophene rings is 1. The second-order valence-corrected chi connectivity index (χ2v) is 11.1. The van der Waals surface area contributed by atoms with Gasteiger partial charge in [0.05, 0.1) is 11.3 Å². The smallest absolute Gasteiger partial charge is 0.339 e. The number of carbonyl (C=O) groups is 3. The first-order valence-corrected chi connectivity index (χ1v) is 13.4. The lowest BCUT2D eigenvalue weighted by Gasteiger charge is -2.29. The van der Waals surface area contributed by atoms with E-state index in [1.54, 1.807) is 6.08 Å². The van der Waals surface area contributed by atoms with E-state index < -0.39 is 17.8 Å². The van der Waals surface area contributed by atoms with Gasteiger partial charge >= 0.3 is 5.97 Å². The summed E-state index contributed by atoms with van der Waals surface area (Å²) in [6, 6.07) is 7.58. The van der Waals surface area contributed by atoms with E-state index in [4.69, 9.17) is 12.2 Å². The number of benzene rings is 1. The predicted molar refractivity (Wildman–Crippen MR) is 149 cm³/mol. The van der Waals surface area contributed by atoms with Crippen LogP contribution in [0, 0.1) is 27.7 Å². The number of aryl methyl sites for hydroxylation is 4. The number of carboxylic acids is 1. The third-order valence-corrected chi connectivity index (χ3v) is 8.47. The number of aromatic nitrogens is 1. The lowest BCUT2D eigenvalue weighted by Crippen LogP contribution is -2.54. The van der Waals surface area contributed by atoms with E-state index in [1.165, 1.54) is 16.2 Å². The summed E-state index contributed by atoms with van der Waals surface area (Å²) in [5.41, 5.74) is 6.08. The molecule has 0 bridgehead atoms. The van der Waals surface area contributed by atoms with Crippen LogP contribution < -0.4 is 10.2 Å². The highest BCUT2D eigenvalue weighted by Crippen LogP contribution is 2.39. The van der Waals surface area contributed by atoms with Gasteiger partial charge in [-0.15, -0.1) is 11.3 Å². The molecule has 1 aliphatic carbocycles. The Bertz CT molecular complexity index is 1520. The normalized spacial score (nSPS) is 16.8. The van der Waals surface area contributed by atoms with Crippen molar-refractivity contribution in [2.45, 2.75) is 53.4 Å². The van der Waals surface area contributed by atoms with Crippen LogP contribution in [0.5, 0.6) is 0 Å². The van der Waals surface area contributed by atoms with Crippen molar-refractivity contribution in [1.82, 2.24) is 9.88 Å². The number of amides is 2. The van der Waals surface area contributed by atoms with Gasteiger partial charge in [0, 0.05) is 16.3 Å². The van der Waals surface area contributed by atoms with Crippen LogP contribution >= 0.6 is 23.6 Å². The molecule has 2 aliphatic rings. The van der Waals surface area contributed by atoms with E-state index in [-0.39, 0.29) is 10.7 Å².